The minimum atomic E-state index is -1.50. The Hall–Kier alpha value is -1.71. The first kappa shape index (κ1) is 70.3. The Bertz CT molecular complexity index is 1140. The van der Waals surface area contributed by atoms with Crippen LogP contribution in [0.15, 0.2) is 0 Å². The summed E-state index contributed by atoms with van der Waals surface area (Å²) in [5.74, 6) is -1.97. The van der Waals surface area contributed by atoms with Crippen LogP contribution < -0.4 is 0 Å². The van der Waals surface area contributed by atoms with Gasteiger partial charge in [0.2, 0.25) is 0 Å². The predicted octanol–water partition coefficient (Wildman–Crippen LogP) is 18.7. The maximum absolute atomic E-state index is 12.9. The lowest BCUT2D eigenvalue weighted by atomic mass is 10.0. The van der Waals surface area contributed by atoms with Crippen molar-refractivity contribution in [2.75, 3.05) is 47.5 Å². The fraction of sp³-hybridized carbons (Fsp3) is 0.952. The van der Waals surface area contributed by atoms with Crippen molar-refractivity contribution in [1.82, 2.24) is 0 Å². The largest absolute Gasteiger partial charge is 0.477 e. The second-order valence-electron chi connectivity index (χ2n) is 23.1. The number of nitrogens with zero attached hydrogens (tertiary/aromatic N) is 1. The first-order valence-electron chi connectivity index (χ1n) is 31.7. The topological polar surface area (TPSA) is 108 Å². The van der Waals surface area contributed by atoms with E-state index in [-0.39, 0.29) is 38.2 Å². The zero-order valence-corrected chi connectivity index (χ0v) is 48.9. The van der Waals surface area contributed by atoms with Crippen LogP contribution in [-0.4, -0.2) is 87.4 Å². The smallest absolute Gasteiger partial charge is 0.361 e. The quantitative estimate of drug-likeness (QED) is 0.0278. The molecule has 0 aromatic rings. The first-order valence-corrected chi connectivity index (χ1v) is 31.7. The van der Waals surface area contributed by atoms with E-state index in [9.17, 15) is 19.5 Å². The van der Waals surface area contributed by atoms with Gasteiger partial charge >= 0.3 is 17.9 Å². The second kappa shape index (κ2) is 55.5. The highest BCUT2D eigenvalue weighted by molar-refractivity contribution is 5.71. The van der Waals surface area contributed by atoms with Gasteiger partial charge in [-0.2, -0.15) is 0 Å². The second-order valence-corrected chi connectivity index (χ2v) is 23.1. The summed E-state index contributed by atoms with van der Waals surface area (Å²) in [6.45, 7) is 4.95. The van der Waals surface area contributed by atoms with Crippen molar-refractivity contribution in [3.8, 4) is 0 Å². The maximum Gasteiger partial charge on any atom is 0.361 e. The average Bonchev–Trinajstić information content (AvgIpc) is 3.35. The molecule has 0 radical (unpaired) electrons. The highest BCUT2D eigenvalue weighted by Gasteiger charge is 2.25. The number of hydrogen-bond acceptors (Lipinski definition) is 7. The molecule has 1 N–H and O–H groups in total. The van der Waals surface area contributed by atoms with E-state index in [0.29, 0.717) is 17.4 Å². The molecule has 0 spiro atoms. The zero-order valence-electron chi connectivity index (χ0n) is 48.9. The number of carbonyl (C=O) groups is 3. The van der Waals surface area contributed by atoms with Crippen molar-refractivity contribution in [3.63, 3.8) is 0 Å². The third-order valence-corrected chi connectivity index (χ3v) is 14.6. The van der Waals surface area contributed by atoms with E-state index in [1.807, 2.05) is 21.1 Å². The van der Waals surface area contributed by atoms with Crippen LogP contribution in [0.5, 0.6) is 0 Å². The number of carboxylic acids is 1. The molecular weight excluding hydrogens is 899 g/mol. The summed E-state index contributed by atoms with van der Waals surface area (Å²) in [7, 11) is 5.98. The van der Waals surface area contributed by atoms with E-state index in [1.165, 1.54) is 263 Å². The number of rotatable bonds is 60. The van der Waals surface area contributed by atoms with Crippen LogP contribution in [0.25, 0.3) is 0 Å². The standard InChI is InChI=1S/C63H123NO8/c1-6-8-10-12-14-16-18-20-22-23-24-25-26-27-28-29-30-31-32-33-34-35-36-37-38-40-42-44-46-48-50-52-54-61(66)72-59(58-71-63(62(67)68)69-56-55-64(3,4)5)57-70-60(65)53-51-49-47-45-43-41-39-21-19-17-15-13-11-9-7-2/h59,63H,6-58H2,1-5H3/p+1. The maximum atomic E-state index is 12.9. The van der Waals surface area contributed by atoms with E-state index in [4.69, 9.17) is 18.9 Å². The highest BCUT2D eigenvalue weighted by atomic mass is 16.7. The van der Waals surface area contributed by atoms with Gasteiger partial charge in [-0.15, -0.1) is 0 Å². The van der Waals surface area contributed by atoms with E-state index in [2.05, 4.69) is 13.8 Å². The van der Waals surface area contributed by atoms with Gasteiger partial charge in [-0.3, -0.25) is 9.59 Å². The Morgan fingerprint density at radius 1 is 0.361 bits per heavy atom. The van der Waals surface area contributed by atoms with Crippen molar-refractivity contribution in [2.45, 2.75) is 341 Å². The number of unbranched alkanes of at least 4 members (excludes halogenated alkanes) is 45. The molecule has 0 aliphatic rings. The van der Waals surface area contributed by atoms with Gasteiger partial charge < -0.3 is 28.5 Å². The van der Waals surface area contributed by atoms with Crippen molar-refractivity contribution in [3.05, 3.63) is 0 Å². The average molecular weight is 1020 g/mol. The van der Waals surface area contributed by atoms with Gasteiger partial charge in [0.15, 0.2) is 6.10 Å². The van der Waals surface area contributed by atoms with E-state index >= 15 is 0 Å². The van der Waals surface area contributed by atoms with Crippen molar-refractivity contribution < 1.29 is 42.9 Å². The van der Waals surface area contributed by atoms with Crippen LogP contribution in [0.4, 0.5) is 0 Å². The number of likely N-dealkylation sites (N-methyl/N-ethyl adjacent to an activating group) is 1. The number of hydrogen-bond donors (Lipinski definition) is 1. The Morgan fingerprint density at radius 2 is 0.625 bits per heavy atom. The minimum Gasteiger partial charge on any atom is -0.477 e. The fourth-order valence-electron chi connectivity index (χ4n) is 9.72. The molecule has 0 aromatic carbocycles. The van der Waals surface area contributed by atoms with E-state index in [0.717, 1.165) is 38.5 Å². The lowest BCUT2D eigenvalue weighted by Gasteiger charge is -2.25. The molecule has 428 valence electrons. The molecule has 2 atom stereocenters. The van der Waals surface area contributed by atoms with Crippen LogP contribution >= 0.6 is 0 Å². The molecule has 0 saturated carbocycles. The minimum absolute atomic E-state index is 0.172. The monoisotopic (exact) mass is 1020 g/mol. The number of carbonyl (C=O) groups excluding carboxylic acids is 2. The third kappa shape index (κ3) is 56.0. The third-order valence-electron chi connectivity index (χ3n) is 14.6. The van der Waals surface area contributed by atoms with E-state index < -0.39 is 18.4 Å². The molecule has 2 unspecified atom stereocenters. The van der Waals surface area contributed by atoms with Gasteiger partial charge in [-0.05, 0) is 12.8 Å². The SMILES string of the molecule is CCCCCCCCCCCCCCCCCCCCCCCCCCCCCCCCCCC(=O)OC(COC(=O)CCCCCCCCCCCCCCCCC)COC(OCC[N+](C)(C)C)C(=O)O. The summed E-state index contributed by atoms with van der Waals surface area (Å²) in [5.41, 5.74) is 0. The molecule has 0 aromatic heterocycles. The van der Waals surface area contributed by atoms with Crippen molar-refractivity contribution in [2.24, 2.45) is 0 Å². The van der Waals surface area contributed by atoms with Gasteiger partial charge in [-0.1, -0.05) is 303 Å². The van der Waals surface area contributed by atoms with E-state index in [1.54, 1.807) is 0 Å². The fourth-order valence-corrected chi connectivity index (χ4v) is 9.72. The Morgan fingerprint density at radius 3 is 0.889 bits per heavy atom. The molecule has 72 heavy (non-hydrogen) atoms. The molecule has 0 rings (SSSR count). The van der Waals surface area contributed by atoms with Gasteiger partial charge in [0.25, 0.3) is 6.29 Å². The lowest BCUT2D eigenvalue weighted by Crippen LogP contribution is -2.40. The molecule has 0 saturated heterocycles. The molecular formula is C63H124NO8+. The number of ether oxygens (including phenoxy) is 4. The lowest BCUT2D eigenvalue weighted by molar-refractivity contribution is -0.870. The first-order chi connectivity index (χ1) is 35.1. The number of carboxylic acid groups (broad SMARTS) is 1. The molecule has 9 nitrogen and oxygen atoms in total. The number of esters is 2. The molecule has 0 heterocycles. The number of quaternary nitrogens is 1. The molecule has 0 amide bonds. The zero-order chi connectivity index (χ0) is 52.7. The molecule has 0 bridgehead atoms. The Labute approximate surface area is 447 Å². The summed E-state index contributed by atoms with van der Waals surface area (Å²) < 4.78 is 22.9. The molecule has 0 fully saturated rings. The Kier molecular flexibility index (Phi) is 54.2. The normalized spacial score (nSPS) is 12.6. The van der Waals surface area contributed by atoms with Gasteiger partial charge in [0.05, 0.1) is 34.4 Å². The molecule has 9 heteroatoms. The molecule has 0 aliphatic carbocycles. The number of aliphatic carboxylic acids is 1. The Balaban J connectivity index is 4.02. The summed E-state index contributed by atoms with van der Waals surface area (Å²) >= 11 is 0. The van der Waals surface area contributed by atoms with Gasteiger partial charge in [0.1, 0.15) is 13.2 Å². The van der Waals surface area contributed by atoms with Crippen molar-refractivity contribution >= 4 is 17.9 Å². The van der Waals surface area contributed by atoms with Crippen LogP contribution in [-0.2, 0) is 33.3 Å². The predicted molar refractivity (Wildman–Crippen MR) is 305 cm³/mol. The van der Waals surface area contributed by atoms with Gasteiger partial charge in [0, 0.05) is 12.8 Å². The summed E-state index contributed by atoms with van der Waals surface area (Å²) in [6.07, 6.45) is 60.7. The van der Waals surface area contributed by atoms with Crippen LogP contribution in [0, 0.1) is 0 Å². The van der Waals surface area contributed by atoms with Gasteiger partial charge in [-0.25, -0.2) is 4.79 Å². The van der Waals surface area contributed by atoms with Crippen LogP contribution in [0.2, 0.25) is 0 Å². The van der Waals surface area contributed by atoms with Crippen molar-refractivity contribution in [1.29, 1.82) is 0 Å². The summed E-state index contributed by atoms with van der Waals surface area (Å²) in [5, 5.41) is 9.70. The highest BCUT2D eigenvalue weighted by Crippen LogP contribution is 2.19. The summed E-state index contributed by atoms with van der Waals surface area (Å²) in [6, 6.07) is 0. The molecule has 0 aliphatic heterocycles. The van der Waals surface area contributed by atoms with Crippen LogP contribution in [0.3, 0.4) is 0 Å². The van der Waals surface area contributed by atoms with Crippen LogP contribution in [0.1, 0.15) is 328 Å². The summed E-state index contributed by atoms with van der Waals surface area (Å²) in [4.78, 5) is 37.4.